The number of nitrogens with one attached hydrogen (secondary N) is 1. The van der Waals surface area contributed by atoms with Gasteiger partial charge in [0.15, 0.2) is 0 Å². The van der Waals surface area contributed by atoms with Crippen LogP contribution in [0.15, 0.2) is 24.3 Å². The molecule has 0 heterocycles. The van der Waals surface area contributed by atoms with E-state index in [0.717, 1.165) is 31.4 Å². The molecule has 1 aromatic carbocycles. The molecule has 1 aliphatic rings. The number of carbonyl (C=O) groups is 1. The number of carbonyl (C=O) groups excluding carboxylic acids is 1. The molecule has 0 spiro atoms. The summed E-state index contributed by atoms with van der Waals surface area (Å²) >= 11 is 4.78. The molecule has 1 fully saturated rings. The van der Waals surface area contributed by atoms with Gasteiger partial charge in [-0.05, 0) is 25.0 Å². The van der Waals surface area contributed by atoms with Crippen LogP contribution in [0.1, 0.15) is 38.5 Å². The Morgan fingerprint density at radius 2 is 2.00 bits per heavy atom. The molecular weight excluding hydrogens is 284 g/mol. The van der Waals surface area contributed by atoms with E-state index in [2.05, 4.69) is 5.32 Å². The molecule has 1 saturated carbocycles. The van der Waals surface area contributed by atoms with Crippen LogP contribution in [0, 0.1) is 5.92 Å². The quantitative estimate of drug-likeness (QED) is 0.647. The second-order valence-electron chi connectivity index (χ2n) is 5.46. The van der Waals surface area contributed by atoms with Gasteiger partial charge in [0, 0.05) is 17.7 Å². The summed E-state index contributed by atoms with van der Waals surface area (Å²) in [7, 11) is 0. The van der Waals surface area contributed by atoms with Crippen molar-refractivity contribution in [3.05, 3.63) is 24.3 Å². The lowest BCUT2D eigenvalue weighted by Crippen LogP contribution is -2.22. The van der Waals surface area contributed by atoms with E-state index in [4.69, 9.17) is 22.7 Å². The van der Waals surface area contributed by atoms with Gasteiger partial charge in [0.1, 0.15) is 17.3 Å². The lowest BCUT2D eigenvalue weighted by Gasteiger charge is -2.14. The molecule has 0 bridgehead atoms. The average Bonchev–Trinajstić information content (AvgIpc) is 2.74. The topological polar surface area (TPSA) is 64.3 Å². The standard InChI is InChI=1S/C16H22N2O2S/c17-15(21)11-20-14-9-5-8-13(10-14)18-16(19)12-6-3-1-2-4-7-12/h5,8-10,12H,1-4,6-7,11H2,(H2,17,21)(H,18,19). The highest BCUT2D eigenvalue weighted by molar-refractivity contribution is 7.80. The fourth-order valence-corrected chi connectivity index (χ4v) is 2.66. The fourth-order valence-electron chi connectivity index (χ4n) is 2.60. The van der Waals surface area contributed by atoms with Crippen molar-refractivity contribution in [2.45, 2.75) is 38.5 Å². The highest BCUT2D eigenvalue weighted by atomic mass is 32.1. The number of amides is 1. The van der Waals surface area contributed by atoms with Gasteiger partial charge in [0.2, 0.25) is 5.91 Å². The molecule has 0 saturated heterocycles. The highest BCUT2D eigenvalue weighted by Gasteiger charge is 2.20. The van der Waals surface area contributed by atoms with Crippen LogP contribution < -0.4 is 15.8 Å². The van der Waals surface area contributed by atoms with Gasteiger partial charge in [0.05, 0.1) is 0 Å². The third-order valence-electron chi connectivity index (χ3n) is 3.71. The molecule has 1 aromatic rings. The van der Waals surface area contributed by atoms with Gasteiger partial charge in [-0.2, -0.15) is 0 Å². The number of rotatable bonds is 5. The lowest BCUT2D eigenvalue weighted by molar-refractivity contribution is -0.120. The zero-order valence-electron chi connectivity index (χ0n) is 12.1. The Hall–Kier alpha value is -1.62. The van der Waals surface area contributed by atoms with Crippen LogP contribution in [0.5, 0.6) is 5.75 Å². The van der Waals surface area contributed by atoms with E-state index in [9.17, 15) is 4.79 Å². The lowest BCUT2D eigenvalue weighted by atomic mass is 9.99. The van der Waals surface area contributed by atoms with Crippen molar-refractivity contribution in [2.24, 2.45) is 11.7 Å². The normalized spacial score (nSPS) is 16.0. The number of anilines is 1. The molecule has 5 heteroatoms. The van der Waals surface area contributed by atoms with Crippen LogP contribution >= 0.6 is 12.2 Å². The molecule has 0 aliphatic heterocycles. The van der Waals surface area contributed by atoms with Crippen LogP contribution in [0.2, 0.25) is 0 Å². The number of benzene rings is 1. The Bertz CT molecular complexity index is 497. The molecular formula is C16H22N2O2S. The summed E-state index contributed by atoms with van der Waals surface area (Å²) < 4.78 is 5.44. The van der Waals surface area contributed by atoms with Crippen LogP contribution in [-0.2, 0) is 4.79 Å². The van der Waals surface area contributed by atoms with Crippen molar-refractivity contribution in [3.8, 4) is 5.75 Å². The third kappa shape index (κ3) is 5.34. The largest absolute Gasteiger partial charge is 0.486 e. The van der Waals surface area contributed by atoms with Gasteiger partial charge in [0.25, 0.3) is 0 Å². The second-order valence-corrected chi connectivity index (χ2v) is 5.98. The van der Waals surface area contributed by atoms with Gasteiger partial charge in [-0.1, -0.05) is 44.0 Å². The number of ether oxygens (including phenoxy) is 1. The van der Waals surface area contributed by atoms with E-state index in [1.54, 1.807) is 6.07 Å². The van der Waals surface area contributed by atoms with E-state index in [-0.39, 0.29) is 18.4 Å². The molecule has 21 heavy (non-hydrogen) atoms. The monoisotopic (exact) mass is 306 g/mol. The fraction of sp³-hybridized carbons (Fsp3) is 0.500. The van der Waals surface area contributed by atoms with Crippen molar-refractivity contribution < 1.29 is 9.53 Å². The summed E-state index contributed by atoms with van der Waals surface area (Å²) in [5, 5.41) is 2.98. The zero-order valence-corrected chi connectivity index (χ0v) is 13.0. The molecule has 2 rings (SSSR count). The smallest absolute Gasteiger partial charge is 0.227 e. The Labute approximate surface area is 131 Å². The summed E-state index contributed by atoms with van der Waals surface area (Å²) in [6, 6.07) is 7.33. The van der Waals surface area contributed by atoms with E-state index in [1.807, 2.05) is 18.2 Å². The Morgan fingerprint density at radius 3 is 2.67 bits per heavy atom. The van der Waals surface area contributed by atoms with E-state index >= 15 is 0 Å². The first-order valence-electron chi connectivity index (χ1n) is 7.47. The van der Waals surface area contributed by atoms with Gasteiger partial charge in [-0.15, -0.1) is 0 Å². The van der Waals surface area contributed by atoms with Crippen molar-refractivity contribution in [1.29, 1.82) is 0 Å². The molecule has 0 radical (unpaired) electrons. The SMILES string of the molecule is NC(=S)COc1cccc(NC(=O)C2CCCCCC2)c1. The van der Waals surface area contributed by atoms with Crippen LogP contribution in [0.3, 0.4) is 0 Å². The Morgan fingerprint density at radius 1 is 1.29 bits per heavy atom. The van der Waals surface area contributed by atoms with Crippen molar-refractivity contribution in [3.63, 3.8) is 0 Å². The minimum absolute atomic E-state index is 0.114. The zero-order chi connectivity index (χ0) is 15.1. The maximum atomic E-state index is 12.3. The van der Waals surface area contributed by atoms with Crippen molar-refractivity contribution >= 4 is 28.8 Å². The first-order chi connectivity index (χ1) is 10.1. The third-order valence-corrected chi connectivity index (χ3v) is 3.83. The average molecular weight is 306 g/mol. The minimum atomic E-state index is 0.114. The molecule has 1 aliphatic carbocycles. The molecule has 3 N–H and O–H groups in total. The molecule has 0 unspecified atom stereocenters. The van der Waals surface area contributed by atoms with Gasteiger partial charge < -0.3 is 15.8 Å². The number of hydrogen-bond donors (Lipinski definition) is 2. The Balaban J connectivity index is 1.93. The first kappa shape index (κ1) is 15.8. The maximum Gasteiger partial charge on any atom is 0.227 e. The summed E-state index contributed by atoms with van der Waals surface area (Å²) in [6.07, 6.45) is 6.76. The Kier molecular flexibility index (Phi) is 5.99. The van der Waals surface area contributed by atoms with Gasteiger partial charge in [-0.3, -0.25) is 4.79 Å². The van der Waals surface area contributed by atoms with Crippen molar-refractivity contribution in [2.75, 3.05) is 11.9 Å². The summed E-state index contributed by atoms with van der Waals surface area (Å²) in [5.74, 6) is 0.901. The number of nitrogens with two attached hydrogens (primary N) is 1. The van der Waals surface area contributed by atoms with E-state index in [0.29, 0.717) is 10.7 Å². The molecule has 1 amide bonds. The molecule has 0 atom stereocenters. The van der Waals surface area contributed by atoms with Crippen LogP contribution in [0.25, 0.3) is 0 Å². The van der Waals surface area contributed by atoms with Crippen molar-refractivity contribution in [1.82, 2.24) is 0 Å². The van der Waals surface area contributed by atoms with E-state index < -0.39 is 0 Å². The van der Waals surface area contributed by atoms with Gasteiger partial charge >= 0.3 is 0 Å². The molecule has 0 aromatic heterocycles. The predicted molar refractivity (Wildman–Crippen MR) is 88.5 cm³/mol. The summed E-state index contributed by atoms with van der Waals surface area (Å²) in [4.78, 5) is 12.6. The molecule has 4 nitrogen and oxygen atoms in total. The molecule has 114 valence electrons. The minimum Gasteiger partial charge on any atom is -0.486 e. The number of hydrogen-bond acceptors (Lipinski definition) is 3. The van der Waals surface area contributed by atoms with Gasteiger partial charge in [-0.25, -0.2) is 0 Å². The van der Waals surface area contributed by atoms with E-state index in [1.165, 1.54) is 12.8 Å². The summed E-state index contributed by atoms with van der Waals surface area (Å²) in [5.41, 5.74) is 6.16. The first-order valence-corrected chi connectivity index (χ1v) is 7.88. The van der Waals surface area contributed by atoms with Crippen LogP contribution in [0.4, 0.5) is 5.69 Å². The van der Waals surface area contributed by atoms with Crippen LogP contribution in [-0.4, -0.2) is 17.5 Å². The maximum absolute atomic E-state index is 12.3. The number of thiocarbonyl (C=S) groups is 1. The predicted octanol–water partition coefficient (Wildman–Crippen LogP) is 3.26. The highest BCUT2D eigenvalue weighted by Crippen LogP contribution is 2.25. The summed E-state index contributed by atoms with van der Waals surface area (Å²) in [6.45, 7) is 0.204. The second kappa shape index (κ2) is 7.98.